The number of esters is 5. The molecule has 0 aromatic heterocycles. The van der Waals surface area contributed by atoms with Crippen molar-refractivity contribution in [3.63, 3.8) is 0 Å². The van der Waals surface area contributed by atoms with E-state index in [9.17, 15) is 24.0 Å². The standard InChI is InChI=1S/C34H33ClO10S2/c1-3-18-46-19-15-31(37)42-25-9-5-23(6-10-25)33(39)44-27-13-14-29(28(35)22-27)45-34(40)24-7-11-26(12-8-24)43-32(38)16-20-47-21-17-41-30(36)4-2/h4-14,22H,2-3,15-21H2,1H3. The van der Waals surface area contributed by atoms with Crippen LogP contribution in [0.1, 0.15) is 46.9 Å². The molecule has 0 amide bonds. The average molecular weight is 701 g/mol. The summed E-state index contributed by atoms with van der Waals surface area (Å²) in [7, 11) is 0. The van der Waals surface area contributed by atoms with Gasteiger partial charge >= 0.3 is 29.8 Å². The smallest absolute Gasteiger partial charge is 0.343 e. The summed E-state index contributed by atoms with van der Waals surface area (Å²) in [6, 6.07) is 15.9. The Labute approximate surface area is 286 Å². The van der Waals surface area contributed by atoms with Gasteiger partial charge in [0.1, 0.15) is 29.6 Å². The lowest BCUT2D eigenvalue weighted by Gasteiger charge is -2.10. The number of hydrogen-bond acceptors (Lipinski definition) is 12. The summed E-state index contributed by atoms with van der Waals surface area (Å²) in [6.07, 6.45) is 2.58. The molecule has 0 aliphatic carbocycles. The fourth-order valence-corrected chi connectivity index (χ4v) is 5.28. The Bertz CT molecular complexity index is 1540. The number of ether oxygens (including phenoxy) is 5. The van der Waals surface area contributed by atoms with Crippen molar-refractivity contribution in [1.29, 1.82) is 0 Å². The Hall–Kier alpha value is -4.26. The third-order valence-corrected chi connectivity index (χ3v) is 8.28. The quantitative estimate of drug-likeness (QED) is 0.0587. The van der Waals surface area contributed by atoms with Crippen LogP contribution in [-0.2, 0) is 19.1 Å². The van der Waals surface area contributed by atoms with Gasteiger partial charge in [-0.1, -0.05) is 25.1 Å². The summed E-state index contributed by atoms with van der Waals surface area (Å²) in [5.74, 6) is 0.793. The zero-order valence-electron chi connectivity index (χ0n) is 25.6. The van der Waals surface area contributed by atoms with Crippen molar-refractivity contribution in [2.45, 2.75) is 26.2 Å². The molecule has 0 radical (unpaired) electrons. The Morgan fingerprint density at radius 3 is 1.70 bits per heavy atom. The minimum atomic E-state index is -0.705. The highest BCUT2D eigenvalue weighted by Gasteiger charge is 2.15. The van der Waals surface area contributed by atoms with E-state index in [-0.39, 0.29) is 52.4 Å². The first-order valence-electron chi connectivity index (χ1n) is 14.5. The van der Waals surface area contributed by atoms with Crippen molar-refractivity contribution in [3.8, 4) is 23.0 Å². The average Bonchev–Trinajstić information content (AvgIpc) is 3.06. The number of rotatable bonds is 18. The molecular weight excluding hydrogens is 668 g/mol. The zero-order chi connectivity index (χ0) is 34.0. The maximum atomic E-state index is 12.7. The van der Waals surface area contributed by atoms with Crippen LogP contribution >= 0.6 is 35.1 Å². The van der Waals surface area contributed by atoms with E-state index in [1.165, 1.54) is 78.5 Å². The van der Waals surface area contributed by atoms with Gasteiger partial charge in [0.15, 0.2) is 0 Å². The molecule has 0 aliphatic rings. The van der Waals surface area contributed by atoms with Crippen molar-refractivity contribution in [2.24, 2.45) is 0 Å². The second-order valence-electron chi connectivity index (χ2n) is 9.46. The van der Waals surface area contributed by atoms with Gasteiger partial charge in [-0.15, -0.1) is 0 Å². The van der Waals surface area contributed by atoms with Crippen LogP contribution in [-0.4, -0.2) is 59.5 Å². The third kappa shape index (κ3) is 13.6. The van der Waals surface area contributed by atoms with Crippen LogP contribution in [0.3, 0.4) is 0 Å². The minimum absolute atomic E-state index is 0.0327. The molecule has 248 valence electrons. The molecule has 0 spiro atoms. The van der Waals surface area contributed by atoms with Gasteiger partial charge in [0.25, 0.3) is 0 Å². The number of thioether (sulfide) groups is 2. The van der Waals surface area contributed by atoms with Gasteiger partial charge in [-0.2, -0.15) is 23.5 Å². The lowest BCUT2D eigenvalue weighted by Crippen LogP contribution is -2.11. The van der Waals surface area contributed by atoms with Gasteiger partial charge < -0.3 is 23.7 Å². The van der Waals surface area contributed by atoms with E-state index in [1.807, 2.05) is 0 Å². The second kappa shape index (κ2) is 20.1. The summed E-state index contributed by atoms with van der Waals surface area (Å²) in [5, 5.41) is 0.0327. The van der Waals surface area contributed by atoms with Crippen LogP contribution in [0, 0.1) is 0 Å². The van der Waals surface area contributed by atoms with Crippen molar-refractivity contribution >= 4 is 65.0 Å². The van der Waals surface area contributed by atoms with Crippen LogP contribution in [0.4, 0.5) is 0 Å². The molecule has 0 saturated carbocycles. The van der Waals surface area contributed by atoms with E-state index in [1.54, 1.807) is 11.8 Å². The summed E-state index contributed by atoms with van der Waals surface area (Å²) in [4.78, 5) is 60.3. The largest absolute Gasteiger partial charge is 0.462 e. The van der Waals surface area contributed by atoms with Gasteiger partial charge in [-0.3, -0.25) is 9.59 Å². The molecule has 10 nitrogen and oxygen atoms in total. The topological polar surface area (TPSA) is 132 Å². The van der Waals surface area contributed by atoms with E-state index in [2.05, 4.69) is 13.5 Å². The molecule has 0 fully saturated rings. The Balaban J connectivity index is 1.44. The SMILES string of the molecule is C=CC(=O)OCCSCCC(=O)Oc1ccc(C(=O)Oc2ccc(OC(=O)c3ccc(OC(=O)CCSCCC)cc3)cc2Cl)cc1. The monoisotopic (exact) mass is 700 g/mol. The first-order chi connectivity index (χ1) is 22.7. The number of carbonyl (C=O) groups is 5. The van der Waals surface area contributed by atoms with Crippen molar-refractivity contribution in [3.05, 3.63) is 95.5 Å². The highest BCUT2D eigenvalue weighted by molar-refractivity contribution is 7.99. The first kappa shape index (κ1) is 37.2. The van der Waals surface area contributed by atoms with Gasteiger partial charge in [-0.25, -0.2) is 14.4 Å². The molecule has 0 bridgehead atoms. The molecule has 0 N–H and O–H groups in total. The minimum Gasteiger partial charge on any atom is -0.462 e. The van der Waals surface area contributed by atoms with Gasteiger partial charge in [0, 0.05) is 29.4 Å². The molecular formula is C34H33ClO10S2. The number of hydrogen-bond donors (Lipinski definition) is 0. The third-order valence-electron chi connectivity index (χ3n) is 5.85. The molecule has 13 heteroatoms. The molecule has 0 aliphatic heterocycles. The molecule has 47 heavy (non-hydrogen) atoms. The van der Waals surface area contributed by atoms with Crippen molar-refractivity contribution in [1.82, 2.24) is 0 Å². The Kier molecular flexibility index (Phi) is 15.9. The number of carbonyl (C=O) groups excluding carboxylic acids is 5. The van der Waals surface area contributed by atoms with E-state index >= 15 is 0 Å². The van der Waals surface area contributed by atoms with Gasteiger partial charge in [-0.05, 0) is 72.8 Å². The maximum absolute atomic E-state index is 12.7. The molecule has 0 heterocycles. The molecule has 0 atom stereocenters. The summed E-state index contributed by atoms with van der Waals surface area (Å²) in [6.45, 7) is 5.61. The number of halogens is 1. The molecule has 0 saturated heterocycles. The lowest BCUT2D eigenvalue weighted by molar-refractivity contribution is -0.137. The highest BCUT2D eigenvalue weighted by atomic mass is 35.5. The predicted octanol–water partition coefficient (Wildman–Crippen LogP) is 6.98. The Morgan fingerprint density at radius 1 is 0.681 bits per heavy atom. The summed E-state index contributed by atoms with van der Waals surface area (Å²) in [5.41, 5.74) is 0.414. The summed E-state index contributed by atoms with van der Waals surface area (Å²) < 4.78 is 26.2. The number of benzene rings is 3. The first-order valence-corrected chi connectivity index (χ1v) is 17.2. The molecule has 3 aromatic carbocycles. The predicted molar refractivity (Wildman–Crippen MR) is 181 cm³/mol. The van der Waals surface area contributed by atoms with Crippen LogP contribution in [0.15, 0.2) is 79.4 Å². The normalized spacial score (nSPS) is 10.4. The Morgan fingerprint density at radius 2 is 1.19 bits per heavy atom. The molecule has 3 rings (SSSR count). The molecule has 0 unspecified atom stereocenters. The van der Waals surface area contributed by atoms with E-state index < -0.39 is 23.9 Å². The van der Waals surface area contributed by atoms with Crippen LogP contribution in [0.25, 0.3) is 0 Å². The fraction of sp³-hybridized carbons (Fsp3) is 0.265. The maximum Gasteiger partial charge on any atom is 0.343 e. The van der Waals surface area contributed by atoms with E-state index in [0.717, 1.165) is 18.2 Å². The van der Waals surface area contributed by atoms with Crippen LogP contribution in [0.5, 0.6) is 23.0 Å². The van der Waals surface area contributed by atoms with Gasteiger partial charge in [0.2, 0.25) is 0 Å². The second-order valence-corrected chi connectivity index (χ2v) is 12.3. The van der Waals surface area contributed by atoms with Crippen LogP contribution < -0.4 is 18.9 Å². The highest BCUT2D eigenvalue weighted by Crippen LogP contribution is 2.30. The van der Waals surface area contributed by atoms with Gasteiger partial charge in [0.05, 0.1) is 29.0 Å². The lowest BCUT2D eigenvalue weighted by atomic mass is 10.2. The van der Waals surface area contributed by atoms with Crippen molar-refractivity contribution in [2.75, 3.05) is 29.6 Å². The molecule has 3 aromatic rings. The van der Waals surface area contributed by atoms with Crippen molar-refractivity contribution < 1.29 is 47.7 Å². The zero-order valence-corrected chi connectivity index (χ0v) is 28.0. The van der Waals surface area contributed by atoms with Crippen LogP contribution in [0.2, 0.25) is 5.02 Å². The fourth-order valence-electron chi connectivity index (χ4n) is 3.56. The van der Waals surface area contributed by atoms with E-state index in [0.29, 0.717) is 29.4 Å². The summed E-state index contributed by atoms with van der Waals surface area (Å²) >= 11 is 9.41. The van der Waals surface area contributed by atoms with E-state index in [4.69, 9.17) is 35.3 Å².